The highest BCUT2D eigenvalue weighted by molar-refractivity contribution is 7.12. The standard InChI is InChI=1S/C19H18N8O2S/c28-15(12-26-19(29)27(24-23-26)16-8-5-11-30-16)22-17-18(25-9-3-4-10-25)21-14-7-2-1-6-13(14)20-17/h1-2,5-8,11H,3-4,9-10,12H2,(H,20,22,28). The van der Waals surface area contributed by atoms with Crippen LogP contribution < -0.4 is 15.9 Å². The number of fused-ring (bicyclic) bond motifs is 1. The molecule has 10 nitrogen and oxygen atoms in total. The third-order valence-corrected chi connectivity index (χ3v) is 5.71. The van der Waals surface area contributed by atoms with Crippen LogP contribution in [0.2, 0.25) is 0 Å². The van der Waals surface area contributed by atoms with Gasteiger partial charge in [0.1, 0.15) is 11.5 Å². The number of carbonyl (C=O) groups excluding carboxylic acids is 1. The van der Waals surface area contributed by atoms with Crippen LogP contribution in [0.4, 0.5) is 11.6 Å². The number of hydrogen-bond acceptors (Lipinski definition) is 8. The van der Waals surface area contributed by atoms with Crippen LogP contribution in [-0.2, 0) is 11.3 Å². The second-order valence-electron chi connectivity index (χ2n) is 6.91. The van der Waals surface area contributed by atoms with Crippen LogP contribution in [0, 0.1) is 0 Å². The molecule has 3 aromatic heterocycles. The van der Waals surface area contributed by atoms with E-state index in [1.54, 1.807) is 6.07 Å². The lowest BCUT2D eigenvalue weighted by molar-refractivity contribution is -0.117. The molecule has 1 aliphatic rings. The molecule has 1 aliphatic heterocycles. The van der Waals surface area contributed by atoms with E-state index >= 15 is 0 Å². The Bertz CT molecular complexity index is 1260. The number of thiophene rings is 1. The molecular weight excluding hydrogens is 404 g/mol. The van der Waals surface area contributed by atoms with Crippen LogP contribution in [0.1, 0.15) is 12.8 Å². The molecule has 0 bridgehead atoms. The van der Waals surface area contributed by atoms with Crippen molar-refractivity contribution in [3.8, 4) is 5.00 Å². The average Bonchev–Trinajstić information content (AvgIpc) is 3.51. The Morgan fingerprint density at radius 2 is 1.80 bits per heavy atom. The summed E-state index contributed by atoms with van der Waals surface area (Å²) in [6.45, 7) is 1.47. The number of aromatic nitrogens is 6. The maximum Gasteiger partial charge on any atom is 0.369 e. The van der Waals surface area contributed by atoms with Gasteiger partial charge in [-0.2, -0.15) is 9.36 Å². The lowest BCUT2D eigenvalue weighted by Gasteiger charge is -2.20. The van der Waals surface area contributed by atoms with Gasteiger partial charge in [0.2, 0.25) is 5.91 Å². The van der Waals surface area contributed by atoms with E-state index in [0.29, 0.717) is 22.2 Å². The number of anilines is 2. The van der Waals surface area contributed by atoms with Gasteiger partial charge in [-0.05, 0) is 52.9 Å². The van der Waals surface area contributed by atoms with E-state index in [9.17, 15) is 9.59 Å². The smallest absolute Gasteiger partial charge is 0.354 e. The molecule has 0 atom stereocenters. The molecule has 1 aromatic carbocycles. The number of hydrogen-bond donors (Lipinski definition) is 1. The third-order valence-electron chi connectivity index (χ3n) is 4.86. The molecule has 0 spiro atoms. The predicted octanol–water partition coefficient (Wildman–Crippen LogP) is 1.67. The van der Waals surface area contributed by atoms with Crippen molar-refractivity contribution < 1.29 is 4.79 Å². The van der Waals surface area contributed by atoms with Crippen molar-refractivity contribution in [2.24, 2.45) is 0 Å². The molecule has 1 saturated heterocycles. The topological polar surface area (TPSA) is 111 Å². The van der Waals surface area contributed by atoms with Crippen LogP contribution in [0.3, 0.4) is 0 Å². The van der Waals surface area contributed by atoms with Gasteiger partial charge in [-0.1, -0.05) is 12.1 Å². The molecule has 4 aromatic rings. The van der Waals surface area contributed by atoms with Crippen LogP contribution in [0.15, 0.2) is 46.6 Å². The highest BCUT2D eigenvalue weighted by atomic mass is 32.1. The number of carbonyl (C=O) groups is 1. The van der Waals surface area contributed by atoms with E-state index in [-0.39, 0.29) is 6.54 Å². The van der Waals surface area contributed by atoms with Gasteiger partial charge in [0.05, 0.1) is 11.0 Å². The number of rotatable bonds is 5. The minimum absolute atomic E-state index is 0.266. The zero-order valence-electron chi connectivity index (χ0n) is 15.9. The van der Waals surface area contributed by atoms with Crippen molar-refractivity contribution >= 4 is 39.9 Å². The van der Waals surface area contributed by atoms with Gasteiger partial charge in [-0.3, -0.25) is 4.79 Å². The first-order valence-corrected chi connectivity index (χ1v) is 10.5. The molecule has 30 heavy (non-hydrogen) atoms. The molecule has 0 aliphatic carbocycles. The van der Waals surface area contributed by atoms with E-state index in [0.717, 1.165) is 36.1 Å². The number of nitrogens with zero attached hydrogens (tertiary/aromatic N) is 7. The highest BCUT2D eigenvalue weighted by Crippen LogP contribution is 2.27. The van der Waals surface area contributed by atoms with Crippen LogP contribution >= 0.6 is 11.3 Å². The minimum Gasteiger partial charge on any atom is -0.354 e. The first-order chi connectivity index (χ1) is 14.7. The zero-order chi connectivity index (χ0) is 20.5. The quantitative estimate of drug-likeness (QED) is 0.521. The maximum absolute atomic E-state index is 12.7. The Morgan fingerprint density at radius 3 is 2.53 bits per heavy atom. The fourth-order valence-corrected chi connectivity index (χ4v) is 4.10. The molecular formula is C19H18N8O2S. The fraction of sp³-hybridized carbons (Fsp3) is 0.263. The van der Waals surface area contributed by atoms with Gasteiger partial charge >= 0.3 is 5.69 Å². The SMILES string of the molecule is O=C(Cn1nnn(-c2cccs2)c1=O)Nc1nc2ccccc2nc1N1CCCC1. The highest BCUT2D eigenvalue weighted by Gasteiger charge is 2.21. The first-order valence-electron chi connectivity index (χ1n) is 9.57. The molecule has 0 saturated carbocycles. The number of benzene rings is 1. The second-order valence-corrected chi connectivity index (χ2v) is 7.84. The van der Waals surface area contributed by atoms with Crippen molar-refractivity contribution in [2.75, 3.05) is 23.3 Å². The van der Waals surface area contributed by atoms with Crippen molar-refractivity contribution in [1.29, 1.82) is 0 Å². The molecule has 4 heterocycles. The van der Waals surface area contributed by atoms with E-state index in [2.05, 4.69) is 25.6 Å². The summed E-state index contributed by atoms with van der Waals surface area (Å²) in [6, 6.07) is 11.1. The minimum atomic E-state index is -0.475. The van der Waals surface area contributed by atoms with Crippen molar-refractivity contribution in [1.82, 2.24) is 29.8 Å². The van der Waals surface area contributed by atoms with Gasteiger partial charge < -0.3 is 10.2 Å². The Hall–Kier alpha value is -3.60. The summed E-state index contributed by atoms with van der Waals surface area (Å²) in [7, 11) is 0. The Kier molecular flexibility index (Phi) is 4.71. The van der Waals surface area contributed by atoms with Gasteiger partial charge in [-0.25, -0.2) is 14.8 Å². The van der Waals surface area contributed by atoms with E-state index in [1.807, 2.05) is 35.7 Å². The van der Waals surface area contributed by atoms with Crippen molar-refractivity contribution in [2.45, 2.75) is 19.4 Å². The summed E-state index contributed by atoms with van der Waals surface area (Å²) >= 11 is 1.36. The summed E-state index contributed by atoms with van der Waals surface area (Å²) in [5.41, 5.74) is 0.987. The molecule has 1 N–H and O–H groups in total. The average molecular weight is 422 g/mol. The lowest BCUT2D eigenvalue weighted by Crippen LogP contribution is -2.30. The number of nitrogens with one attached hydrogen (secondary N) is 1. The first kappa shape index (κ1) is 18.4. The Balaban J connectivity index is 1.42. The Morgan fingerprint density at radius 1 is 1.03 bits per heavy atom. The molecule has 0 radical (unpaired) electrons. The molecule has 5 rings (SSSR count). The maximum atomic E-state index is 12.7. The van der Waals surface area contributed by atoms with Gasteiger partial charge in [0, 0.05) is 13.1 Å². The van der Waals surface area contributed by atoms with Crippen molar-refractivity contribution in [3.05, 3.63) is 52.3 Å². The normalized spacial score (nSPS) is 13.8. The molecule has 1 fully saturated rings. The van der Waals surface area contributed by atoms with Gasteiger partial charge in [0.15, 0.2) is 11.6 Å². The molecule has 11 heteroatoms. The fourth-order valence-electron chi connectivity index (χ4n) is 3.43. The summed E-state index contributed by atoms with van der Waals surface area (Å²) in [6.07, 6.45) is 2.15. The number of para-hydroxylation sites is 2. The number of amides is 1. The third kappa shape index (κ3) is 3.43. The zero-order valence-corrected chi connectivity index (χ0v) is 16.7. The number of tetrazole rings is 1. The van der Waals surface area contributed by atoms with Gasteiger partial charge in [-0.15, -0.1) is 11.3 Å². The monoisotopic (exact) mass is 422 g/mol. The van der Waals surface area contributed by atoms with E-state index in [1.165, 1.54) is 16.0 Å². The summed E-state index contributed by atoms with van der Waals surface area (Å²) in [5.74, 6) is 0.619. The summed E-state index contributed by atoms with van der Waals surface area (Å²) in [4.78, 5) is 36.6. The molecule has 0 unspecified atom stereocenters. The van der Waals surface area contributed by atoms with Crippen LogP contribution in [0.25, 0.3) is 16.0 Å². The summed E-state index contributed by atoms with van der Waals surface area (Å²) in [5, 5.41) is 13.0. The van der Waals surface area contributed by atoms with Crippen molar-refractivity contribution in [3.63, 3.8) is 0 Å². The predicted molar refractivity (Wildman–Crippen MR) is 113 cm³/mol. The second kappa shape index (κ2) is 7.67. The van der Waals surface area contributed by atoms with E-state index < -0.39 is 11.6 Å². The lowest BCUT2D eigenvalue weighted by atomic mass is 10.3. The molecule has 1 amide bonds. The molecule has 152 valence electrons. The summed E-state index contributed by atoms with van der Waals surface area (Å²) < 4.78 is 2.20. The van der Waals surface area contributed by atoms with Crippen LogP contribution in [-0.4, -0.2) is 48.8 Å². The van der Waals surface area contributed by atoms with Gasteiger partial charge in [0.25, 0.3) is 0 Å². The van der Waals surface area contributed by atoms with E-state index in [4.69, 9.17) is 4.98 Å². The Labute approximate surface area is 174 Å². The van der Waals surface area contributed by atoms with Crippen LogP contribution in [0.5, 0.6) is 0 Å². The largest absolute Gasteiger partial charge is 0.369 e.